The van der Waals surface area contributed by atoms with Gasteiger partial charge in [0.05, 0.1) is 0 Å². The van der Waals surface area contributed by atoms with E-state index in [0.29, 0.717) is 5.92 Å². The quantitative estimate of drug-likeness (QED) is 0.663. The highest BCUT2D eigenvalue weighted by atomic mass is 32.1. The molecule has 1 heterocycles. The lowest BCUT2D eigenvalue weighted by Crippen LogP contribution is -2.25. The fourth-order valence-electron chi connectivity index (χ4n) is 2.52. The summed E-state index contributed by atoms with van der Waals surface area (Å²) < 4.78 is 13.0. The van der Waals surface area contributed by atoms with Crippen molar-refractivity contribution in [1.29, 1.82) is 0 Å². The summed E-state index contributed by atoms with van der Waals surface area (Å²) in [5, 5.41) is 7.89. The van der Waals surface area contributed by atoms with Gasteiger partial charge in [-0.25, -0.2) is 4.39 Å². The highest BCUT2D eigenvalue weighted by molar-refractivity contribution is 7.07. The predicted octanol–water partition coefficient (Wildman–Crippen LogP) is 4.68. The van der Waals surface area contributed by atoms with Gasteiger partial charge in [-0.15, -0.1) is 0 Å². The van der Waals surface area contributed by atoms with Gasteiger partial charge in [0.2, 0.25) is 0 Å². The van der Waals surface area contributed by atoms with Crippen molar-refractivity contribution in [3.63, 3.8) is 0 Å². The average Bonchev–Trinajstić information content (AvgIpc) is 3.00. The van der Waals surface area contributed by atoms with Crippen LogP contribution in [0.4, 0.5) is 4.39 Å². The van der Waals surface area contributed by atoms with E-state index < -0.39 is 0 Å². The lowest BCUT2D eigenvalue weighted by molar-refractivity contribution is 0.443. The minimum absolute atomic E-state index is 0.155. The fourth-order valence-corrected chi connectivity index (χ4v) is 3.22. The van der Waals surface area contributed by atoms with Crippen LogP contribution in [0.15, 0.2) is 41.1 Å². The van der Waals surface area contributed by atoms with Crippen LogP contribution < -0.4 is 5.32 Å². The molecule has 0 aliphatic heterocycles. The van der Waals surface area contributed by atoms with Gasteiger partial charge in [-0.1, -0.05) is 19.1 Å². The predicted molar refractivity (Wildman–Crippen MR) is 89.4 cm³/mol. The summed E-state index contributed by atoms with van der Waals surface area (Å²) in [4.78, 5) is 0. The molecule has 0 spiro atoms. The van der Waals surface area contributed by atoms with E-state index in [1.165, 1.54) is 17.5 Å². The number of benzene rings is 1. The molecule has 0 saturated heterocycles. The third kappa shape index (κ3) is 5.98. The monoisotopic (exact) mass is 305 g/mol. The van der Waals surface area contributed by atoms with Gasteiger partial charge < -0.3 is 5.32 Å². The van der Waals surface area contributed by atoms with Gasteiger partial charge in [0, 0.05) is 0 Å². The smallest absolute Gasteiger partial charge is 0.123 e. The van der Waals surface area contributed by atoms with Crippen LogP contribution in [0.25, 0.3) is 0 Å². The molecule has 1 aromatic carbocycles. The second kappa shape index (κ2) is 8.96. The minimum atomic E-state index is -0.155. The molecule has 1 atom stereocenters. The van der Waals surface area contributed by atoms with Crippen molar-refractivity contribution in [2.24, 2.45) is 5.92 Å². The second-order valence-electron chi connectivity index (χ2n) is 5.57. The van der Waals surface area contributed by atoms with E-state index in [1.807, 2.05) is 12.1 Å². The first-order chi connectivity index (χ1) is 10.3. The first-order valence-electron chi connectivity index (χ1n) is 7.74. The molecule has 0 amide bonds. The van der Waals surface area contributed by atoms with Gasteiger partial charge in [0.1, 0.15) is 5.82 Å². The standard InChI is InChI=1S/C18H24FNS/c1-2-10-20-13-17(4-3-16-9-11-21-14-16)12-15-5-7-18(19)8-6-15/h5-9,11,14,17,20H,2-4,10,12-13H2,1H3. The molecule has 2 rings (SSSR count). The van der Waals surface area contributed by atoms with Crippen LogP contribution in [-0.2, 0) is 12.8 Å². The molecular weight excluding hydrogens is 281 g/mol. The van der Waals surface area contributed by atoms with Crippen LogP contribution >= 0.6 is 11.3 Å². The van der Waals surface area contributed by atoms with Crippen LogP contribution in [0.5, 0.6) is 0 Å². The second-order valence-corrected chi connectivity index (χ2v) is 6.35. The van der Waals surface area contributed by atoms with Crippen molar-refractivity contribution < 1.29 is 4.39 Å². The molecule has 1 N–H and O–H groups in total. The summed E-state index contributed by atoms with van der Waals surface area (Å²) in [6.45, 7) is 4.29. The number of rotatable bonds is 9. The molecule has 0 bridgehead atoms. The zero-order chi connectivity index (χ0) is 14.9. The SMILES string of the molecule is CCCNCC(CCc1ccsc1)Cc1ccc(F)cc1. The third-order valence-electron chi connectivity index (χ3n) is 3.72. The molecular formula is C18H24FNS. The third-order valence-corrected chi connectivity index (χ3v) is 4.45. The van der Waals surface area contributed by atoms with Crippen molar-refractivity contribution in [3.8, 4) is 0 Å². The Labute approximate surface area is 131 Å². The Hall–Kier alpha value is -1.19. The first kappa shape index (κ1) is 16.2. The Morgan fingerprint density at radius 3 is 2.62 bits per heavy atom. The zero-order valence-corrected chi connectivity index (χ0v) is 13.5. The summed E-state index contributed by atoms with van der Waals surface area (Å²) >= 11 is 1.76. The maximum Gasteiger partial charge on any atom is 0.123 e. The van der Waals surface area contributed by atoms with E-state index in [4.69, 9.17) is 0 Å². The molecule has 0 radical (unpaired) electrons. The zero-order valence-electron chi connectivity index (χ0n) is 12.6. The van der Waals surface area contributed by atoms with Gasteiger partial charge in [-0.3, -0.25) is 0 Å². The molecule has 114 valence electrons. The van der Waals surface area contributed by atoms with E-state index in [-0.39, 0.29) is 5.82 Å². The van der Waals surface area contributed by atoms with E-state index in [0.717, 1.165) is 32.4 Å². The molecule has 1 nitrogen and oxygen atoms in total. The topological polar surface area (TPSA) is 12.0 Å². The lowest BCUT2D eigenvalue weighted by atomic mass is 9.93. The Kier molecular flexibility index (Phi) is 6.90. The summed E-state index contributed by atoms with van der Waals surface area (Å²) in [7, 11) is 0. The minimum Gasteiger partial charge on any atom is -0.316 e. The Morgan fingerprint density at radius 2 is 1.95 bits per heavy atom. The molecule has 0 aliphatic carbocycles. The maximum atomic E-state index is 13.0. The van der Waals surface area contributed by atoms with Gasteiger partial charge in [0.25, 0.3) is 0 Å². The van der Waals surface area contributed by atoms with E-state index in [2.05, 4.69) is 29.1 Å². The molecule has 0 saturated carbocycles. The number of aryl methyl sites for hydroxylation is 1. The largest absolute Gasteiger partial charge is 0.316 e. The normalized spacial score (nSPS) is 12.5. The van der Waals surface area contributed by atoms with E-state index in [1.54, 1.807) is 23.5 Å². The van der Waals surface area contributed by atoms with Crippen LogP contribution in [0.2, 0.25) is 0 Å². The molecule has 21 heavy (non-hydrogen) atoms. The van der Waals surface area contributed by atoms with Crippen molar-refractivity contribution in [1.82, 2.24) is 5.32 Å². The lowest BCUT2D eigenvalue weighted by Gasteiger charge is -2.17. The number of nitrogens with one attached hydrogen (secondary N) is 1. The number of hydrogen-bond acceptors (Lipinski definition) is 2. The fraction of sp³-hybridized carbons (Fsp3) is 0.444. The van der Waals surface area contributed by atoms with Crippen LogP contribution in [0.1, 0.15) is 30.9 Å². The average molecular weight is 305 g/mol. The number of hydrogen-bond donors (Lipinski definition) is 1. The van der Waals surface area contributed by atoms with Crippen molar-refractivity contribution >= 4 is 11.3 Å². The summed E-state index contributed by atoms with van der Waals surface area (Å²) in [5.74, 6) is 0.444. The van der Waals surface area contributed by atoms with Crippen molar-refractivity contribution in [3.05, 3.63) is 58.0 Å². The molecule has 3 heteroatoms. The Bertz CT molecular complexity index is 492. The van der Waals surface area contributed by atoms with Crippen LogP contribution in [0, 0.1) is 11.7 Å². The number of halogens is 1. The van der Waals surface area contributed by atoms with Gasteiger partial charge in [-0.2, -0.15) is 11.3 Å². The van der Waals surface area contributed by atoms with Gasteiger partial charge >= 0.3 is 0 Å². The van der Waals surface area contributed by atoms with Gasteiger partial charge in [-0.05, 0) is 84.8 Å². The van der Waals surface area contributed by atoms with Crippen LogP contribution in [-0.4, -0.2) is 13.1 Å². The highest BCUT2D eigenvalue weighted by Gasteiger charge is 2.10. The van der Waals surface area contributed by atoms with Gasteiger partial charge in [0.15, 0.2) is 0 Å². The maximum absolute atomic E-state index is 13.0. The molecule has 0 aliphatic rings. The summed E-state index contributed by atoms with van der Waals surface area (Å²) in [5.41, 5.74) is 2.66. The van der Waals surface area contributed by atoms with Crippen molar-refractivity contribution in [2.75, 3.05) is 13.1 Å². The summed E-state index contributed by atoms with van der Waals surface area (Å²) in [6.07, 6.45) is 4.48. The molecule has 2 aromatic rings. The highest BCUT2D eigenvalue weighted by Crippen LogP contribution is 2.17. The molecule has 0 fully saturated rings. The number of thiophene rings is 1. The van der Waals surface area contributed by atoms with Crippen molar-refractivity contribution in [2.45, 2.75) is 32.6 Å². The Balaban J connectivity index is 1.88. The molecule has 1 aromatic heterocycles. The Morgan fingerprint density at radius 1 is 1.14 bits per heavy atom. The summed E-state index contributed by atoms with van der Waals surface area (Å²) in [6, 6.07) is 9.15. The first-order valence-corrected chi connectivity index (χ1v) is 8.68. The van der Waals surface area contributed by atoms with E-state index >= 15 is 0 Å². The molecule has 1 unspecified atom stereocenters. The van der Waals surface area contributed by atoms with Crippen LogP contribution in [0.3, 0.4) is 0 Å². The van der Waals surface area contributed by atoms with E-state index in [9.17, 15) is 4.39 Å².